The summed E-state index contributed by atoms with van der Waals surface area (Å²) >= 11 is 12.9. The van der Waals surface area contributed by atoms with E-state index in [9.17, 15) is 19.2 Å². The summed E-state index contributed by atoms with van der Waals surface area (Å²) in [5.74, 6) is -1.16. The molecule has 1 aliphatic rings. The Balaban J connectivity index is 1.42. The highest BCUT2D eigenvalue weighted by Gasteiger charge is 2.35. The van der Waals surface area contributed by atoms with E-state index in [1.807, 2.05) is 0 Å². The summed E-state index contributed by atoms with van der Waals surface area (Å²) in [4.78, 5) is 50.6. The highest BCUT2D eigenvalue weighted by molar-refractivity contribution is 8.18. The molecule has 1 fully saturated rings. The number of thioether (sulfide) groups is 1. The van der Waals surface area contributed by atoms with Crippen molar-refractivity contribution in [2.24, 2.45) is 0 Å². The van der Waals surface area contributed by atoms with Gasteiger partial charge >= 0.3 is 5.63 Å². The van der Waals surface area contributed by atoms with Crippen molar-refractivity contribution in [3.63, 3.8) is 0 Å². The summed E-state index contributed by atoms with van der Waals surface area (Å²) < 4.78 is 5.15. The molecule has 0 aliphatic carbocycles. The van der Waals surface area contributed by atoms with Gasteiger partial charge in [-0.05, 0) is 41.6 Å². The number of imide groups is 1. The molecular formula is C22H14Cl2N2O5S. The molecular weight excluding hydrogens is 475 g/mol. The number of nitrogens with zero attached hydrogens (tertiary/aromatic N) is 1. The van der Waals surface area contributed by atoms with Gasteiger partial charge in [0.1, 0.15) is 11.1 Å². The number of nitrogens with one attached hydrogen (secondary N) is 1. The van der Waals surface area contributed by atoms with Gasteiger partial charge < -0.3 is 9.73 Å². The average molecular weight is 489 g/mol. The molecule has 162 valence electrons. The summed E-state index contributed by atoms with van der Waals surface area (Å²) in [5, 5.41) is 3.29. The van der Waals surface area contributed by atoms with Crippen molar-refractivity contribution in [2.75, 3.05) is 13.1 Å². The molecule has 2 aromatic carbocycles. The van der Waals surface area contributed by atoms with Crippen molar-refractivity contribution in [2.45, 2.75) is 0 Å². The second-order valence-corrected chi connectivity index (χ2v) is 8.50. The van der Waals surface area contributed by atoms with Crippen molar-refractivity contribution in [3.8, 4) is 0 Å². The van der Waals surface area contributed by atoms with Gasteiger partial charge in [-0.25, -0.2) is 4.79 Å². The van der Waals surface area contributed by atoms with E-state index in [0.717, 1.165) is 16.7 Å². The molecule has 0 unspecified atom stereocenters. The van der Waals surface area contributed by atoms with Gasteiger partial charge in [0.05, 0.1) is 15.0 Å². The third-order valence-corrected chi connectivity index (χ3v) is 6.39. The summed E-state index contributed by atoms with van der Waals surface area (Å²) in [6, 6.07) is 13.2. The molecule has 10 heteroatoms. The number of carbonyl (C=O) groups is 3. The van der Waals surface area contributed by atoms with Crippen molar-refractivity contribution >= 4 is 69.1 Å². The molecule has 1 N–H and O–H groups in total. The predicted octanol–water partition coefficient (Wildman–Crippen LogP) is 4.57. The van der Waals surface area contributed by atoms with Crippen LogP contribution >= 0.6 is 35.0 Å². The molecule has 3 aromatic rings. The first-order chi connectivity index (χ1) is 15.3. The van der Waals surface area contributed by atoms with Gasteiger partial charge in [0.15, 0.2) is 0 Å². The summed E-state index contributed by atoms with van der Waals surface area (Å²) in [6.45, 7) is -0.0930. The zero-order valence-electron chi connectivity index (χ0n) is 16.3. The minimum atomic E-state index is -0.770. The molecule has 0 radical (unpaired) electrons. The van der Waals surface area contributed by atoms with Crippen molar-refractivity contribution in [1.29, 1.82) is 0 Å². The van der Waals surface area contributed by atoms with Gasteiger partial charge in [-0.15, -0.1) is 0 Å². The molecule has 0 bridgehead atoms. The van der Waals surface area contributed by atoms with Crippen LogP contribution in [0.2, 0.25) is 10.0 Å². The van der Waals surface area contributed by atoms with Crippen LogP contribution < -0.4 is 10.9 Å². The van der Waals surface area contributed by atoms with E-state index in [4.69, 9.17) is 27.6 Å². The number of benzene rings is 2. The first kappa shape index (κ1) is 22.1. The van der Waals surface area contributed by atoms with Gasteiger partial charge in [0.25, 0.3) is 17.1 Å². The standard InChI is InChI=1S/C22H14Cl2N2O5S/c23-15-6-3-5-13(18(15)24)11-17-20(28)26(22(30)32-17)9-8-25-19(27)14-10-12-4-1-2-7-16(12)31-21(14)29/h1-7,10-11H,8-9H2,(H,25,27)/b17-11-. The van der Waals surface area contributed by atoms with Crippen LogP contribution in [0.4, 0.5) is 4.79 Å². The van der Waals surface area contributed by atoms with E-state index < -0.39 is 22.7 Å². The maximum atomic E-state index is 12.6. The molecule has 1 aromatic heterocycles. The quantitative estimate of drug-likeness (QED) is 0.417. The largest absolute Gasteiger partial charge is 0.422 e. The Bertz CT molecular complexity index is 1350. The van der Waals surface area contributed by atoms with Gasteiger partial charge in [0, 0.05) is 18.5 Å². The number of rotatable bonds is 5. The fourth-order valence-corrected chi connectivity index (χ4v) is 4.28. The fraction of sp³-hybridized carbons (Fsp3) is 0.0909. The molecule has 1 saturated heterocycles. The molecule has 1 aliphatic heterocycles. The summed E-state index contributed by atoms with van der Waals surface area (Å²) in [7, 11) is 0. The molecule has 0 spiro atoms. The number of amides is 3. The Morgan fingerprint density at radius 2 is 1.88 bits per heavy atom. The summed E-state index contributed by atoms with van der Waals surface area (Å²) in [6.07, 6.45) is 1.50. The smallest absolute Gasteiger partial charge is 0.349 e. The van der Waals surface area contributed by atoms with Gasteiger partial charge in [0.2, 0.25) is 0 Å². The minimum absolute atomic E-state index is 0.0334. The van der Waals surface area contributed by atoms with Gasteiger partial charge in [-0.1, -0.05) is 53.5 Å². The Hall–Kier alpha value is -3.07. The molecule has 4 rings (SSSR count). The lowest BCUT2D eigenvalue weighted by Crippen LogP contribution is -2.38. The topological polar surface area (TPSA) is 96.7 Å². The van der Waals surface area contributed by atoms with Gasteiger partial charge in [-0.3, -0.25) is 19.3 Å². The number of hydrogen-bond donors (Lipinski definition) is 1. The Morgan fingerprint density at radius 3 is 2.69 bits per heavy atom. The average Bonchev–Trinajstić information content (AvgIpc) is 3.03. The lowest BCUT2D eigenvalue weighted by Gasteiger charge is -2.13. The van der Waals surface area contributed by atoms with E-state index in [1.54, 1.807) is 42.5 Å². The number of hydrogen-bond acceptors (Lipinski definition) is 6. The van der Waals surface area contributed by atoms with E-state index in [1.165, 1.54) is 12.1 Å². The Morgan fingerprint density at radius 1 is 1.09 bits per heavy atom. The maximum absolute atomic E-state index is 12.6. The second-order valence-electron chi connectivity index (χ2n) is 6.72. The third kappa shape index (κ3) is 4.43. The van der Waals surface area contributed by atoms with Crippen molar-refractivity contribution < 1.29 is 18.8 Å². The third-order valence-electron chi connectivity index (χ3n) is 4.65. The Labute approximate surface area is 196 Å². The predicted molar refractivity (Wildman–Crippen MR) is 124 cm³/mol. The summed E-state index contributed by atoms with van der Waals surface area (Å²) in [5.41, 5.74) is -0.0403. The van der Waals surface area contributed by atoms with E-state index in [0.29, 0.717) is 21.6 Å². The Kier molecular flexibility index (Phi) is 6.36. The van der Waals surface area contributed by atoms with E-state index >= 15 is 0 Å². The first-order valence-electron chi connectivity index (χ1n) is 9.35. The van der Waals surface area contributed by atoms with Crippen LogP contribution in [0.5, 0.6) is 0 Å². The molecule has 0 atom stereocenters. The van der Waals surface area contributed by atoms with Crippen LogP contribution in [0.3, 0.4) is 0 Å². The van der Waals surface area contributed by atoms with Crippen LogP contribution in [0.1, 0.15) is 15.9 Å². The zero-order valence-corrected chi connectivity index (χ0v) is 18.6. The van der Waals surface area contributed by atoms with Crippen LogP contribution in [-0.4, -0.2) is 35.0 Å². The van der Waals surface area contributed by atoms with Crippen LogP contribution in [0.25, 0.3) is 17.0 Å². The maximum Gasteiger partial charge on any atom is 0.349 e. The van der Waals surface area contributed by atoms with Gasteiger partial charge in [-0.2, -0.15) is 0 Å². The molecule has 32 heavy (non-hydrogen) atoms. The molecule has 2 heterocycles. The SMILES string of the molecule is O=C(NCCN1C(=O)S/C(=C\c2cccc(Cl)c2Cl)C1=O)c1cc2ccccc2oc1=O. The van der Waals surface area contributed by atoms with E-state index in [2.05, 4.69) is 5.32 Å². The molecule has 7 nitrogen and oxygen atoms in total. The molecule has 3 amide bonds. The van der Waals surface area contributed by atoms with Crippen molar-refractivity contribution in [1.82, 2.24) is 10.2 Å². The number of fused-ring (bicyclic) bond motifs is 1. The minimum Gasteiger partial charge on any atom is -0.422 e. The van der Waals surface area contributed by atoms with Crippen LogP contribution in [-0.2, 0) is 4.79 Å². The van der Waals surface area contributed by atoms with E-state index in [-0.39, 0.29) is 28.6 Å². The lowest BCUT2D eigenvalue weighted by atomic mass is 10.2. The normalized spacial score (nSPS) is 15.1. The zero-order chi connectivity index (χ0) is 22.8. The lowest BCUT2D eigenvalue weighted by molar-refractivity contribution is -0.122. The number of carbonyl (C=O) groups excluding carboxylic acids is 3. The monoisotopic (exact) mass is 488 g/mol. The van der Waals surface area contributed by atoms with Crippen LogP contribution in [0.15, 0.2) is 62.6 Å². The highest BCUT2D eigenvalue weighted by Crippen LogP contribution is 2.34. The first-order valence-corrected chi connectivity index (χ1v) is 10.9. The number of para-hydroxylation sites is 1. The molecule has 0 saturated carbocycles. The van der Waals surface area contributed by atoms with Crippen LogP contribution in [0, 0.1) is 0 Å². The fourth-order valence-electron chi connectivity index (χ4n) is 3.06. The highest BCUT2D eigenvalue weighted by atomic mass is 35.5. The van der Waals surface area contributed by atoms with Crippen molar-refractivity contribution in [3.05, 3.63) is 85.0 Å². The number of halogens is 2. The second kappa shape index (κ2) is 9.20.